The minimum absolute atomic E-state index is 0.243. The molecule has 6 heteroatoms. The van der Waals surface area contributed by atoms with Gasteiger partial charge in [-0.25, -0.2) is 0 Å². The Bertz CT molecular complexity index is 880. The molecule has 3 aromatic rings. The van der Waals surface area contributed by atoms with Gasteiger partial charge in [0, 0.05) is 42.3 Å². The van der Waals surface area contributed by atoms with Gasteiger partial charge in [0.2, 0.25) is 5.91 Å². The number of thioether (sulfide) groups is 1. The van der Waals surface area contributed by atoms with E-state index in [0.29, 0.717) is 6.42 Å². The van der Waals surface area contributed by atoms with E-state index in [1.54, 1.807) is 11.8 Å². The Hall–Kier alpha value is -2.34. The van der Waals surface area contributed by atoms with Gasteiger partial charge in [-0.15, -0.1) is 22.0 Å². The lowest BCUT2D eigenvalue weighted by Gasteiger charge is -2.32. The van der Waals surface area contributed by atoms with Crippen LogP contribution < -0.4 is 0 Å². The minimum atomic E-state index is 0.243. The van der Waals surface area contributed by atoms with Crippen LogP contribution in [0.2, 0.25) is 0 Å². The van der Waals surface area contributed by atoms with Crippen molar-refractivity contribution in [1.82, 2.24) is 19.5 Å². The van der Waals surface area contributed by atoms with Crippen molar-refractivity contribution in [3.05, 3.63) is 60.6 Å². The SMILES string of the molecule is O=C(CCSc1ccccc1)N1CCCC(c2nnc3ccccn23)C1. The molecule has 1 aliphatic heterocycles. The first-order valence-corrected chi connectivity index (χ1v) is 10.0. The molecule has 0 radical (unpaired) electrons. The molecule has 1 atom stereocenters. The predicted octanol–water partition coefficient (Wildman–Crippen LogP) is 3.62. The van der Waals surface area contributed by atoms with Gasteiger partial charge in [0.15, 0.2) is 5.65 Å². The Balaban J connectivity index is 1.36. The van der Waals surface area contributed by atoms with Crippen molar-refractivity contribution < 1.29 is 4.79 Å². The van der Waals surface area contributed by atoms with Crippen LogP contribution in [-0.2, 0) is 4.79 Å². The van der Waals surface area contributed by atoms with Crippen LogP contribution in [0.5, 0.6) is 0 Å². The fourth-order valence-corrected chi connectivity index (χ4v) is 4.35. The molecule has 0 aliphatic carbocycles. The first kappa shape index (κ1) is 17.1. The molecule has 4 rings (SSSR count). The van der Waals surface area contributed by atoms with Gasteiger partial charge in [0.05, 0.1) is 0 Å². The van der Waals surface area contributed by atoms with Crippen LogP contribution in [0.1, 0.15) is 31.0 Å². The molecule has 1 amide bonds. The van der Waals surface area contributed by atoms with E-state index < -0.39 is 0 Å². The summed E-state index contributed by atoms with van der Waals surface area (Å²) in [7, 11) is 0. The number of pyridine rings is 1. The van der Waals surface area contributed by atoms with Gasteiger partial charge in [0.1, 0.15) is 5.82 Å². The fraction of sp³-hybridized carbons (Fsp3) is 0.350. The average molecular weight is 366 g/mol. The van der Waals surface area contributed by atoms with Crippen LogP contribution >= 0.6 is 11.8 Å². The third kappa shape index (κ3) is 3.75. The number of carbonyl (C=O) groups excluding carboxylic acids is 1. The van der Waals surface area contributed by atoms with Crippen molar-refractivity contribution in [3.8, 4) is 0 Å². The van der Waals surface area contributed by atoms with Gasteiger partial charge in [-0.2, -0.15) is 0 Å². The Morgan fingerprint density at radius 1 is 1.12 bits per heavy atom. The second-order valence-electron chi connectivity index (χ2n) is 6.58. The molecular formula is C20H22N4OS. The van der Waals surface area contributed by atoms with E-state index >= 15 is 0 Å². The number of benzene rings is 1. The Morgan fingerprint density at radius 2 is 1.96 bits per heavy atom. The molecule has 1 unspecified atom stereocenters. The van der Waals surface area contributed by atoms with Crippen molar-refractivity contribution in [3.63, 3.8) is 0 Å². The number of carbonyl (C=O) groups is 1. The summed E-state index contributed by atoms with van der Waals surface area (Å²) in [4.78, 5) is 15.9. The van der Waals surface area contributed by atoms with E-state index in [2.05, 4.69) is 22.3 Å². The largest absolute Gasteiger partial charge is 0.342 e. The van der Waals surface area contributed by atoms with Crippen LogP contribution in [0.3, 0.4) is 0 Å². The Morgan fingerprint density at radius 3 is 2.85 bits per heavy atom. The summed E-state index contributed by atoms with van der Waals surface area (Å²) < 4.78 is 2.05. The van der Waals surface area contributed by atoms with Crippen LogP contribution in [0.15, 0.2) is 59.6 Å². The molecule has 1 fully saturated rings. The van der Waals surface area contributed by atoms with Crippen molar-refractivity contribution in [2.75, 3.05) is 18.8 Å². The van der Waals surface area contributed by atoms with E-state index in [4.69, 9.17) is 0 Å². The van der Waals surface area contributed by atoms with Gasteiger partial charge in [-0.3, -0.25) is 9.20 Å². The lowest BCUT2D eigenvalue weighted by atomic mass is 9.97. The van der Waals surface area contributed by atoms with Crippen LogP contribution in [-0.4, -0.2) is 44.2 Å². The molecule has 26 heavy (non-hydrogen) atoms. The summed E-state index contributed by atoms with van der Waals surface area (Å²) >= 11 is 1.74. The number of likely N-dealkylation sites (tertiary alicyclic amines) is 1. The highest BCUT2D eigenvalue weighted by Crippen LogP contribution is 2.27. The van der Waals surface area contributed by atoms with Crippen molar-refractivity contribution in [2.45, 2.75) is 30.1 Å². The minimum Gasteiger partial charge on any atom is -0.342 e. The highest BCUT2D eigenvalue weighted by Gasteiger charge is 2.27. The summed E-state index contributed by atoms with van der Waals surface area (Å²) in [6.45, 7) is 1.59. The standard InChI is InChI=1S/C20H22N4OS/c25-19(11-14-26-17-8-2-1-3-9-17)23-12-6-7-16(15-23)20-22-21-18-10-4-5-13-24(18)20/h1-5,8-10,13,16H,6-7,11-12,14-15H2. The fourth-order valence-electron chi connectivity index (χ4n) is 3.48. The number of rotatable bonds is 5. The number of hydrogen-bond acceptors (Lipinski definition) is 4. The van der Waals surface area contributed by atoms with Crippen LogP contribution in [0.4, 0.5) is 0 Å². The molecule has 134 valence electrons. The molecule has 1 saturated heterocycles. The third-order valence-electron chi connectivity index (χ3n) is 4.81. The van der Waals surface area contributed by atoms with Crippen molar-refractivity contribution in [2.24, 2.45) is 0 Å². The van der Waals surface area contributed by atoms with E-state index in [1.165, 1.54) is 4.90 Å². The lowest BCUT2D eigenvalue weighted by Crippen LogP contribution is -2.39. The number of aromatic nitrogens is 3. The Kier molecular flexibility index (Phi) is 5.20. The van der Waals surface area contributed by atoms with Crippen molar-refractivity contribution >= 4 is 23.3 Å². The summed E-state index contributed by atoms with van der Waals surface area (Å²) in [6, 6.07) is 16.2. The monoisotopic (exact) mass is 366 g/mol. The maximum Gasteiger partial charge on any atom is 0.223 e. The van der Waals surface area contributed by atoms with E-state index in [0.717, 1.165) is 43.2 Å². The molecule has 0 saturated carbocycles. The molecule has 0 bridgehead atoms. The molecule has 1 aliphatic rings. The van der Waals surface area contributed by atoms with Crippen molar-refractivity contribution in [1.29, 1.82) is 0 Å². The number of fused-ring (bicyclic) bond motifs is 1. The lowest BCUT2D eigenvalue weighted by molar-refractivity contribution is -0.132. The molecule has 0 N–H and O–H groups in total. The maximum absolute atomic E-state index is 12.6. The molecule has 1 aromatic carbocycles. The Labute approximate surface area is 157 Å². The maximum atomic E-state index is 12.6. The third-order valence-corrected chi connectivity index (χ3v) is 5.82. The second kappa shape index (κ2) is 7.91. The van der Waals surface area contributed by atoms with E-state index in [1.807, 2.05) is 51.9 Å². The first-order chi connectivity index (χ1) is 12.8. The number of nitrogens with zero attached hydrogens (tertiary/aromatic N) is 4. The van der Waals surface area contributed by atoms with Gasteiger partial charge in [0.25, 0.3) is 0 Å². The summed E-state index contributed by atoms with van der Waals surface area (Å²) in [5.41, 5.74) is 0.866. The molecule has 0 spiro atoms. The molecule has 3 heterocycles. The van der Waals surface area contributed by atoms with Crippen LogP contribution in [0.25, 0.3) is 5.65 Å². The molecule has 2 aromatic heterocycles. The quantitative estimate of drug-likeness (QED) is 0.647. The zero-order valence-corrected chi connectivity index (χ0v) is 15.4. The topological polar surface area (TPSA) is 50.5 Å². The second-order valence-corrected chi connectivity index (χ2v) is 7.75. The highest BCUT2D eigenvalue weighted by atomic mass is 32.2. The van der Waals surface area contributed by atoms with E-state index in [9.17, 15) is 4.79 Å². The van der Waals surface area contributed by atoms with E-state index in [-0.39, 0.29) is 11.8 Å². The average Bonchev–Trinajstić information content (AvgIpc) is 3.13. The number of hydrogen-bond donors (Lipinski definition) is 0. The van der Waals surface area contributed by atoms with Gasteiger partial charge in [-0.1, -0.05) is 24.3 Å². The first-order valence-electron chi connectivity index (χ1n) is 9.06. The predicted molar refractivity (Wildman–Crippen MR) is 103 cm³/mol. The van der Waals surface area contributed by atoms with Crippen LogP contribution in [0, 0.1) is 0 Å². The van der Waals surface area contributed by atoms with Gasteiger partial charge >= 0.3 is 0 Å². The van der Waals surface area contributed by atoms with Gasteiger partial charge in [-0.05, 0) is 37.1 Å². The smallest absolute Gasteiger partial charge is 0.223 e. The zero-order valence-electron chi connectivity index (χ0n) is 14.6. The molecular weight excluding hydrogens is 344 g/mol. The summed E-state index contributed by atoms with van der Waals surface area (Å²) in [5.74, 6) is 2.29. The highest BCUT2D eigenvalue weighted by molar-refractivity contribution is 7.99. The zero-order chi connectivity index (χ0) is 17.8. The van der Waals surface area contributed by atoms with Gasteiger partial charge < -0.3 is 4.90 Å². The summed E-state index contributed by atoms with van der Waals surface area (Å²) in [6.07, 6.45) is 4.65. The normalized spacial score (nSPS) is 17.5. The number of piperidine rings is 1. The molecule has 5 nitrogen and oxygen atoms in total. The summed E-state index contributed by atoms with van der Waals surface area (Å²) in [5, 5.41) is 8.64. The number of amides is 1.